The third-order valence-corrected chi connectivity index (χ3v) is 2.28. The Labute approximate surface area is 88.7 Å². The van der Waals surface area contributed by atoms with E-state index in [2.05, 4.69) is 0 Å². The average molecular weight is 213 g/mol. The molecule has 0 radical (unpaired) electrons. The number of ether oxygens (including phenoxy) is 1. The zero-order valence-electron chi connectivity index (χ0n) is 8.74. The molecule has 0 unspecified atom stereocenters. The molecule has 3 N–H and O–H groups in total. The van der Waals surface area contributed by atoms with Crippen molar-refractivity contribution in [1.82, 2.24) is 0 Å². The van der Waals surface area contributed by atoms with E-state index in [4.69, 9.17) is 15.6 Å². The van der Waals surface area contributed by atoms with Gasteiger partial charge in [-0.15, -0.1) is 0 Å². The minimum atomic E-state index is -0.437. The lowest BCUT2D eigenvalue weighted by Gasteiger charge is -2.15. The van der Waals surface area contributed by atoms with Crippen molar-refractivity contribution in [3.8, 4) is 5.75 Å². The summed E-state index contributed by atoms with van der Waals surface area (Å²) in [6.45, 7) is 0.0600. The number of aliphatic hydroxyl groups excluding tert-OH is 1. The Morgan fingerprint density at radius 2 is 2.27 bits per heavy atom. The van der Waals surface area contributed by atoms with Gasteiger partial charge in [-0.2, -0.15) is 0 Å². The fraction of sp³-hybridized carbons (Fsp3) is 0.455. The summed E-state index contributed by atoms with van der Waals surface area (Å²) in [6.07, 6.45) is 1.09. The van der Waals surface area contributed by atoms with Crippen molar-refractivity contribution in [2.24, 2.45) is 5.73 Å². The molecule has 1 aromatic carbocycles. The number of methoxy groups -OCH3 is 1. The molecular weight excluding hydrogens is 197 g/mol. The first-order chi connectivity index (χ1) is 7.20. The Balaban J connectivity index is 2.90. The highest BCUT2D eigenvalue weighted by atomic mass is 19.1. The number of nitrogens with two attached hydrogens (primary N) is 1. The lowest BCUT2D eigenvalue weighted by molar-refractivity contribution is 0.278. The van der Waals surface area contributed by atoms with Crippen LogP contribution in [0.15, 0.2) is 18.2 Å². The lowest BCUT2D eigenvalue weighted by atomic mass is 10.0. The Morgan fingerprint density at radius 1 is 1.53 bits per heavy atom. The molecule has 0 aromatic heterocycles. The van der Waals surface area contributed by atoms with E-state index in [0.29, 0.717) is 24.2 Å². The molecule has 3 nitrogen and oxygen atoms in total. The van der Waals surface area contributed by atoms with Crippen LogP contribution >= 0.6 is 0 Å². The minimum Gasteiger partial charge on any atom is -0.496 e. The molecule has 15 heavy (non-hydrogen) atoms. The van der Waals surface area contributed by atoms with E-state index in [-0.39, 0.29) is 12.4 Å². The third kappa shape index (κ3) is 2.91. The van der Waals surface area contributed by atoms with Crippen LogP contribution in [0.25, 0.3) is 0 Å². The molecule has 1 rings (SSSR count). The van der Waals surface area contributed by atoms with Crippen LogP contribution in [0.5, 0.6) is 5.75 Å². The molecule has 0 bridgehead atoms. The van der Waals surface area contributed by atoms with Gasteiger partial charge in [0.15, 0.2) is 0 Å². The van der Waals surface area contributed by atoms with Crippen LogP contribution in [0.3, 0.4) is 0 Å². The summed E-state index contributed by atoms with van der Waals surface area (Å²) >= 11 is 0. The number of hydrogen-bond donors (Lipinski definition) is 2. The van der Waals surface area contributed by atoms with Gasteiger partial charge in [0, 0.05) is 18.2 Å². The molecule has 4 heteroatoms. The molecule has 0 aliphatic heterocycles. The fourth-order valence-electron chi connectivity index (χ4n) is 1.51. The van der Waals surface area contributed by atoms with Crippen molar-refractivity contribution in [2.45, 2.75) is 18.9 Å². The second-order valence-electron chi connectivity index (χ2n) is 3.33. The SMILES string of the molecule is COc1cccc(F)c1[C@@H](N)CCCO. The van der Waals surface area contributed by atoms with Gasteiger partial charge in [-0.05, 0) is 25.0 Å². The highest BCUT2D eigenvalue weighted by Crippen LogP contribution is 2.28. The molecule has 0 amide bonds. The van der Waals surface area contributed by atoms with Gasteiger partial charge in [-0.1, -0.05) is 6.07 Å². The molecule has 0 heterocycles. The highest BCUT2D eigenvalue weighted by molar-refractivity contribution is 5.36. The van der Waals surface area contributed by atoms with Gasteiger partial charge in [0.05, 0.1) is 7.11 Å². The molecule has 0 saturated heterocycles. The maximum atomic E-state index is 13.5. The topological polar surface area (TPSA) is 55.5 Å². The van der Waals surface area contributed by atoms with E-state index >= 15 is 0 Å². The normalized spacial score (nSPS) is 12.5. The van der Waals surface area contributed by atoms with Gasteiger partial charge >= 0.3 is 0 Å². The largest absolute Gasteiger partial charge is 0.496 e. The molecule has 0 saturated carbocycles. The van der Waals surface area contributed by atoms with Crippen LogP contribution in [0.4, 0.5) is 4.39 Å². The predicted octanol–water partition coefficient (Wildman–Crippen LogP) is 1.61. The van der Waals surface area contributed by atoms with Crippen LogP contribution in [0.2, 0.25) is 0 Å². The van der Waals surface area contributed by atoms with E-state index in [1.165, 1.54) is 13.2 Å². The van der Waals surface area contributed by atoms with Crippen molar-refractivity contribution in [3.63, 3.8) is 0 Å². The Hall–Kier alpha value is -1.13. The van der Waals surface area contributed by atoms with Gasteiger partial charge in [0.1, 0.15) is 11.6 Å². The molecule has 1 atom stereocenters. The first kappa shape index (κ1) is 11.9. The van der Waals surface area contributed by atoms with E-state index in [9.17, 15) is 4.39 Å². The monoisotopic (exact) mass is 213 g/mol. The maximum absolute atomic E-state index is 13.5. The quantitative estimate of drug-likeness (QED) is 0.781. The zero-order chi connectivity index (χ0) is 11.3. The van der Waals surface area contributed by atoms with Gasteiger partial charge < -0.3 is 15.6 Å². The van der Waals surface area contributed by atoms with Gasteiger partial charge in [-0.25, -0.2) is 4.39 Å². The summed E-state index contributed by atoms with van der Waals surface area (Å²) < 4.78 is 18.5. The van der Waals surface area contributed by atoms with Crippen LogP contribution in [0.1, 0.15) is 24.4 Å². The van der Waals surface area contributed by atoms with E-state index in [1.807, 2.05) is 0 Å². The standard InChI is InChI=1S/C11H16FNO2/c1-15-10-6-2-4-8(12)11(10)9(13)5-3-7-14/h2,4,6,9,14H,3,5,7,13H2,1H3/t9-/m0/s1. The van der Waals surface area contributed by atoms with Crippen molar-refractivity contribution < 1.29 is 14.2 Å². The second-order valence-corrected chi connectivity index (χ2v) is 3.33. The minimum absolute atomic E-state index is 0.0600. The van der Waals surface area contributed by atoms with Crippen LogP contribution in [-0.4, -0.2) is 18.8 Å². The van der Waals surface area contributed by atoms with Crippen molar-refractivity contribution in [1.29, 1.82) is 0 Å². The predicted molar refractivity (Wildman–Crippen MR) is 56.2 cm³/mol. The highest BCUT2D eigenvalue weighted by Gasteiger charge is 2.16. The first-order valence-electron chi connectivity index (χ1n) is 4.89. The summed E-state index contributed by atoms with van der Waals surface area (Å²) in [6, 6.07) is 4.18. The number of rotatable bonds is 5. The molecule has 0 aliphatic rings. The smallest absolute Gasteiger partial charge is 0.131 e. The van der Waals surface area contributed by atoms with Crippen LogP contribution in [-0.2, 0) is 0 Å². The Bertz CT molecular complexity index is 317. The number of halogens is 1. The first-order valence-corrected chi connectivity index (χ1v) is 4.89. The lowest BCUT2D eigenvalue weighted by Crippen LogP contribution is -2.14. The van der Waals surface area contributed by atoms with Gasteiger partial charge in [-0.3, -0.25) is 0 Å². The van der Waals surface area contributed by atoms with Crippen LogP contribution in [0, 0.1) is 5.82 Å². The van der Waals surface area contributed by atoms with Crippen molar-refractivity contribution in [2.75, 3.05) is 13.7 Å². The molecule has 84 valence electrons. The Kier molecular flexibility index (Phi) is 4.52. The molecular formula is C11H16FNO2. The van der Waals surface area contributed by atoms with Gasteiger partial charge in [0.25, 0.3) is 0 Å². The molecule has 1 aromatic rings. The van der Waals surface area contributed by atoms with E-state index < -0.39 is 6.04 Å². The summed E-state index contributed by atoms with van der Waals surface area (Å²) in [5.74, 6) is 0.0974. The third-order valence-electron chi connectivity index (χ3n) is 2.28. The van der Waals surface area contributed by atoms with Crippen LogP contribution < -0.4 is 10.5 Å². The fourth-order valence-corrected chi connectivity index (χ4v) is 1.51. The molecule has 0 spiro atoms. The zero-order valence-corrected chi connectivity index (χ0v) is 8.74. The van der Waals surface area contributed by atoms with Gasteiger partial charge in [0.2, 0.25) is 0 Å². The number of aliphatic hydroxyl groups is 1. The Morgan fingerprint density at radius 3 is 2.87 bits per heavy atom. The summed E-state index contributed by atoms with van der Waals surface area (Å²) in [7, 11) is 1.48. The maximum Gasteiger partial charge on any atom is 0.131 e. The summed E-state index contributed by atoms with van der Waals surface area (Å²) in [5.41, 5.74) is 6.21. The van der Waals surface area contributed by atoms with Crippen molar-refractivity contribution in [3.05, 3.63) is 29.6 Å². The number of hydrogen-bond acceptors (Lipinski definition) is 3. The van der Waals surface area contributed by atoms with Crippen molar-refractivity contribution >= 4 is 0 Å². The summed E-state index contributed by atoms with van der Waals surface area (Å²) in [4.78, 5) is 0. The van der Waals surface area contributed by atoms with E-state index in [0.717, 1.165) is 0 Å². The molecule has 0 fully saturated rings. The second kappa shape index (κ2) is 5.68. The molecule has 0 aliphatic carbocycles. The average Bonchev–Trinajstić information content (AvgIpc) is 2.25. The number of benzene rings is 1. The van der Waals surface area contributed by atoms with E-state index in [1.54, 1.807) is 12.1 Å². The summed E-state index contributed by atoms with van der Waals surface area (Å²) in [5, 5.41) is 8.68.